The van der Waals surface area contributed by atoms with Gasteiger partial charge in [0.2, 0.25) is 0 Å². The molecule has 0 saturated carbocycles. The van der Waals surface area contributed by atoms with Gasteiger partial charge in [-0.1, -0.05) is 0 Å². The third-order valence-electron chi connectivity index (χ3n) is 1.07. The molecule has 0 saturated heterocycles. The lowest BCUT2D eigenvalue weighted by molar-refractivity contribution is -0.177. The Balaban J connectivity index is 3.99. The molecule has 0 heterocycles. The second-order valence-electron chi connectivity index (χ2n) is 4.24. The zero-order valence-electron chi connectivity index (χ0n) is 7.88. The van der Waals surface area contributed by atoms with Crippen LogP contribution in [0.25, 0.3) is 0 Å². The van der Waals surface area contributed by atoms with Crippen molar-refractivity contribution >= 4 is 12.6 Å². The van der Waals surface area contributed by atoms with Gasteiger partial charge in [0.15, 0.2) is 6.29 Å². The maximum atomic E-state index is 9.42. The molecule has 0 fully saturated rings. The van der Waals surface area contributed by atoms with Crippen LogP contribution in [0.5, 0.6) is 0 Å². The van der Waals surface area contributed by atoms with Crippen LogP contribution in [0, 0.1) is 0 Å². The summed E-state index contributed by atoms with van der Waals surface area (Å²) >= 11 is 4.19. The van der Waals surface area contributed by atoms with E-state index in [-0.39, 0.29) is 5.60 Å². The van der Waals surface area contributed by atoms with Crippen LogP contribution in [0.3, 0.4) is 0 Å². The SMILES string of the molecule is CC(C)(C)OC(O)C(C)(C)S. The minimum atomic E-state index is -0.828. The van der Waals surface area contributed by atoms with Crippen LogP contribution in [-0.2, 0) is 4.74 Å². The Morgan fingerprint density at radius 2 is 1.55 bits per heavy atom. The van der Waals surface area contributed by atoms with Crippen molar-refractivity contribution in [3.8, 4) is 0 Å². The Bertz CT molecular complexity index is 121. The molecule has 0 aromatic heterocycles. The predicted molar refractivity (Wildman–Crippen MR) is 49.9 cm³/mol. The van der Waals surface area contributed by atoms with Crippen molar-refractivity contribution in [2.75, 3.05) is 0 Å². The normalized spacial score (nSPS) is 16.6. The fraction of sp³-hybridized carbons (Fsp3) is 1.00. The second-order valence-corrected chi connectivity index (χ2v) is 5.39. The first kappa shape index (κ1) is 11.3. The van der Waals surface area contributed by atoms with Crippen LogP contribution in [-0.4, -0.2) is 21.7 Å². The molecule has 0 aromatic carbocycles. The highest BCUT2D eigenvalue weighted by molar-refractivity contribution is 7.81. The van der Waals surface area contributed by atoms with E-state index in [4.69, 9.17) is 4.74 Å². The fourth-order valence-corrected chi connectivity index (χ4v) is 0.532. The zero-order chi connectivity index (χ0) is 9.28. The number of aliphatic hydroxyl groups is 1. The monoisotopic (exact) mass is 178 g/mol. The number of hydrogen-bond donors (Lipinski definition) is 2. The second kappa shape index (κ2) is 3.33. The molecule has 0 aliphatic rings. The van der Waals surface area contributed by atoms with Gasteiger partial charge in [0.1, 0.15) is 0 Å². The van der Waals surface area contributed by atoms with Crippen molar-refractivity contribution in [3.63, 3.8) is 0 Å². The van der Waals surface area contributed by atoms with E-state index in [1.807, 2.05) is 34.6 Å². The van der Waals surface area contributed by atoms with E-state index in [1.54, 1.807) is 0 Å². The summed E-state index contributed by atoms with van der Waals surface area (Å²) in [7, 11) is 0. The Kier molecular flexibility index (Phi) is 3.42. The third-order valence-corrected chi connectivity index (χ3v) is 1.29. The van der Waals surface area contributed by atoms with Gasteiger partial charge in [-0.3, -0.25) is 0 Å². The highest BCUT2D eigenvalue weighted by Crippen LogP contribution is 2.22. The molecular weight excluding hydrogens is 160 g/mol. The molecule has 68 valence electrons. The van der Waals surface area contributed by atoms with Crippen molar-refractivity contribution < 1.29 is 9.84 Å². The Morgan fingerprint density at radius 1 is 1.18 bits per heavy atom. The summed E-state index contributed by atoms with van der Waals surface area (Å²) in [4.78, 5) is 0. The van der Waals surface area contributed by atoms with Gasteiger partial charge < -0.3 is 9.84 Å². The van der Waals surface area contributed by atoms with Gasteiger partial charge in [0, 0.05) is 0 Å². The van der Waals surface area contributed by atoms with Crippen LogP contribution in [0.15, 0.2) is 0 Å². The van der Waals surface area contributed by atoms with Crippen molar-refractivity contribution in [3.05, 3.63) is 0 Å². The summed E-state index contributed by atoms with van der Waals surface area (Å²) in [6.07, 6.45) is -0.828. The topological polar surface area (TPSA) is 29.5 Å². The van der Waals surface area contributed by atoms with Crippen molar-refractivity contribution in [1.29, 1.82) is 0 Å². The van der Waals surface area contributed by atoms with Crippen LogP contribution >= 0.6 is 12.6 Å². The molecule has 0 aromatic rings. The molecule has 0 aliphatic heterocycles. The van der Waals surface area contributed by atoms with Gasteiger partial charge in [-0.25, -0.2) is 0 Å². The number of aliphatic hydroxyl groups excluding tert-OH is 1. The Hall–Kier alpha value is 0.270. The van der Waals surface area contributed by atoms with E-state index >= 15 is 0 Å². The molecule has 2 nitrogen and oxygen atoms in total. The minimum Gasteiger partial charge on any atom is -0.367 e. The molecule has 3 heteroatoms. The lowest BCUT2D eigenvalue weighted by atomic mass is 10.1. The maximum Gasteiger partial charge on any atom is 0.169 e. The Morgan fingerprint density at radius 3 is 1.64 bits per heavy atom. The number of thiol groups is 1. The maximum absolute atomic E-state index is 9.42. The first-order chi connectivity index (χ1) is 4.63. The van der Waals surface area contributed by atoms with Crippen LogP contribution in [0.1, 0.15) is 34.6 Å². The van der Waals surface area contributed by atoms with Crippen LogP contribution in [0.2, 0.25) is 0 Å². The summed E-state index contributed by atoms with van der Waals surface area (Å²) in [6.45, 7) is 9.32. The van der Waals surface area contributed by atoms with Gasteiger partial charge in [0.05, 0.1) is 10.3 Å². The lowest BCUT2D eigenvalue weighted by Crippen LogP contribution is -2.38. The quantitative estimate of drug-likeness (QED) is 0.499. The standard InChI is InChI=1S/C8H18O2S/c1-7(2,3)10-6(9)8(4,5)11/h6,9,11H,1-5H3. The zero-order valence-corrected chi connectivity index (χ0v) is 8.77. The van der Waals surface area contributed by atoms with Gasteiger partial charge in [0.25, 0.3) is 0 Å². The van der Waals surface area contributed by atoms with Crippen LogP contribution in [0.4, 0.5) is 0 Å². The molecule has 0 bridgehead atoms. The Labute approximate surface area is 74.4 Å². The average molecular weight is 178 g/mol. The molecule has 1 N–H and O–H groups in total. The summed E-state index contributed by atoms with van der Waals surface area (Å²) in [5.74, 6) is 0. The van der Waals surface area contributed by atoms with Crippen molar-refractivity contribution in [1.82, 2.24) is 0 Å². The first-order valence-electron chi connectivity index (χ1n) is 3.71. The molecule has 0 amide bonds. The van der Waals surface area contributed by atoms with Crippen molar-refractivity contribution in [2.45, 2.75) is 51.3 Å². The number of rotatable bonds is 2. The molecule has 0 spiro atoms. The summed E-state index contributed by atoms with van der Waals surface area (Å²) in [6, 6.07) is 0. The molecule has 0 rings (SSSR count). The van der Waals surface area contributed by atoms with E-state index in [0.29, 0.717) is 0 Å². The smallest absolute Gasteiger partial charge is 0.169 e. The molecule has 0 radical (unpaired) electrons. The average Bonchev–Trinajstić information content (AvgIpc) is 1.56. The van der Waals surface area contributed by atoms with Gasteiger partial charge in [-0.15, -0.1) is 0 Å². The van der Waals surface area contributed by atoms with Crippen LogP contribution < -0.4 is 0 Å². The first-order valence-corrected chi connectivity index (χ1v) is 4.16. The molecule has 1 atom stereocenters. The molecule has 1 unspecified atom stereocenters. The van der Waals surface area contributed by atoms with Gasteiger partial charge in [-0.05, 0) is 34.6 Å². The summed E-state index contributed by atoms with van der Waals surface area (Å²) < 4.78 is 4.77. The highest BCUT2D eigenvalue weighted by atomic mass is 32.1. The van der Waals surface area contributed by atoms with E-state index < -0.39 is 11.0 Å². The number of ether oxygens (including phenoxy) is 1. The molecular formula is C8H18O2S. The van der Waals surface area contributed by atoms with Crippen molar-refractivity contribution in [2.24, 2.45) is 0 Å². The van der Waals surface area contributed by atoms with Gasteiger partial charge >= 0.3 is 0 Å². The van der Waals surface area contributed by atoms with E-state index in [0.717, 1.165) is 0 Å². The van der Waals surface area contributed by atoms with E-state index in [1.165, 1.54) is 0 Å². The molecule has 0 aliphatic carbocycles. The molecule has 11 heavy (non-hydrogen) atoms. The lowest BCUT2D eigenvalue weighted by Gasteiger charge is -2.31. The largest absolute Gasteiger partial charge is 0.367 e. The number of hydrogen-bond acceptors (Lipinski definition) is 3. The fourth-order valence-electron chi connectivity index (χ4n) is 0.479. The predicted octanol–water partition coefficient (Wildman–Crippen LogP) is 1.83. The third kappa shape index (κ3) is 5.53. The minimum absolute atomic E-state index is 0.320. The summed E-state index contributed by atoms with van der Waals surface area (Å²) in [5.41, 5.74) is -0.320. The summed E-state index contributed by atoms with van der Waals surface area (Å²) in [5, 5.41) is 9.42. The highest BCUT2D eigenvalue weighted by Gasteiger charge is 2.28. The van der Waals surface area contributed by atoms with E-state index in [2.05, 4.69) is 12.6 Å². The van der Waals surface area contributed by atoms with E-state index in [9.17, 15) is 5.11 Å². The van der Waals surface area contributed by atoms with Gasteiger partial charge in [-0.2, -0.15) is 12.6 Å².